The zero-order valence-corrected chi connectivity index (χ0v) is 19.5. The molecule has 2 aromatic rings. The molecule has 7 atom stereocenters. The molecule has 4 aliphatic carbocycles. The van der Waals surface area contributed by atoms with E-state index in [4.69, 9.17) is 15.6 Å². The predicted octanol–water partition coefficient (Wildman–Crippen LogP) is 4.00. The van der Waals surface area contributed by atoms with Gasteiger partial charge in [-0.15, -0.1) is 13.2 Å². The lowest BCUT2D eigenvalue weighted by Crippen LogP contribution is -2.46. The molecule has 0 radical (unpaired) electrons. The van der Waals surface area contributed by atoms with E-state index in [9.17, 15) is 13.2 Å². The first-order chi connectivity index (χ1) is 16.1. The van der Waals surface area contributed by atoms with Gasteiger partial charge in [0.05, 0.1) is 18.4 Å². The number of fused-ring (bicyclic) bond motifs is 1. The summed E-state index contributed by atoms with van der Waals surface area (Å²) in [6.45, 7) is 9.14. The van der Waals surface area contributed by atoms with Gasteiger partial charge in [-0.05, 0) is 56.6 Å². The van der Waals surface area contributed by atoms with Crippen LogP contribution in [0.1, 0.15) is 45.3 Å². The van der Waals surface area contributed by atoms with Crippen molar-refractivity contribution in [3.05, 3.63) is 24.0 Å². The third kappa shape index (κ3) is 3.17. The number of halogens is 3. The minimum absolute atomic E-state index is 0.160. The van der Waals surface area contributed by atoms with Crippen LogP contribution >= 0.6 is 0 Å². The Labute approximate surface area is 196 Å². The van der Waals surface area contributed by atoms with Crippen LogP contribution in [0.4, 0.5) is 19.0 Å². The Morgan fingerprint density at radius 3 is 2.79 bits per heavy atom. The highest BCUT2D eigenvalue weighted by atomic mass is 19.4. The molecule has 2 bridgehead atoms. The van der Waals surface area contributed by atoms with Gasteiger partial charge in [0.1, 0.15) is 0 Å². The lowest BCUT2D eigenvalue weighted by molar-refractivity contribution is -0.274. The molecule has 10 heteroatoms. The number of nitrogens with zero attached hydrogens (tertiary/aromatic N) is 4. The Kier molecular flexibility index (Phi) is 4.78. The van der Waals surface area contributed by atoms with Gasteiger partial charge in [-0.1, -0.05) is 6.92 Å². The van der Waals surface area contributed by atoms with Crippen LogP contribution in [0.25, 0.3) is 11.3 Å². The first-order valence-corrected chi connectivity index (χ1v) is 12.1. The van der Waals surface area contributed by atoms with Crippen molar-refractivity contribution in [2.24, 2.45) is 17.8 Å². The molecule has 0 spiro atoms. The Hall–Kier alpha value is -2.33. The number of hydrogen-bond donors (Lipinski definition) is 1. The van der Waals surface area contributed by atoms with Gasteiger partial charge in [-0.2, -0.15) is 5.10 Å². The summed E-state index contributed by atoms with van der Waals surface area (Å²) in [5.41, 5.74) is 8.09. The molecule has 7 nitrogen and oxygen atoms in total. The van der Waals surface area contributed by atoms with Crippen molar-refractivity contribution in [2.45, 2.75) is 63.6 Å². The highest BCUT2D eigenvalue weighted by Crippen LogP contribution is 2.91. The number of hydrogen-bond acceptors (Lipinski definition) is 6. The van der Waals surface area contributed by atoms with E-state index in [-0.39, 0.29) is 23.4 Å². The quantitative estimate of drug-likeness (QED) is 0.678. The second kappa shape index (κ2) is 7.34. The topological polar surface area (TPSA) is 78.4 Å². The summed E-state index contributed by atoms with van der Waals surface area (Å²) < 4.78 is 50.4. The number of aromatic nitrogens is 3. The predicted molar refractivity (Wildman–Crippen MR) is 119 cm³/mol. The summed E-state index contributed by atoms with van der Waals surface area (Å²) >= 11 is 0. The monoisotopic (exact) mass is 477 g/mol. The average molecular weight is 478 g/mol. The highest BCUT2D eigenvalue weighted by molar-refractivity contribution is 5.66. The molecule has 2 N–H and O–H groups in total. The van der Waals surface area contributed by atoms with Crippen molar-refractivity contribution in [1.82, 2.24) is 19.7 Å². The minimum Gasteiger partial charge on any atom is -0.402 e. The van der Waals surface area contributed by atoms with E-state index in [2.05, 4.69) is 46.1 Å². The molecule has 5 aliphatic rings. The SMILES string of the molecule is CCC(C)n1nc(-c2cnc(N)c(OC(F)(F)F)c2)cc1C12C3CC(N4CCOC(C)C4)C1C32. The number of nitrogen functional groups attached to an aromatic ring is 1. The molecular weight excluding hydrogens is 447 g/mol. The van der Waals surface area contributed by atoms with Crippen LogP contribution < -0.4 is 10.5 Å². The van der Waals surface area contributed by atoms with Crippen molar-refractivity contribution in [1.29, 1.82) is 0 Å². The van der Waals surface area contributed by atoms with Crippen LogP contribution in [0, 0.1) is 17.8 Å². The zero-order valence-electron chi connectivity index (χ0n) is 19.5. The fourth-order valence-corrected chi connectivity index (χ4v) is 6.88. The van der Waals surface area contributed by atoms with Gasteiger partial charge in [-0.25, -0.2) is 4.98 Å². The summed E-state index contributed by atoms with van der Waals surface area (Å²) in [5.74, 6) is 1.19. The van der Waals surface area contributed by atoms with Gasteiger partial charge in [0.25, 0.3) is 0 Å². The van der Waals surface area contributed by atoms with Gasteiger partial charge >= 0.3 is 6.36 Å². The maximum Gasteiger partial charge on any atom is 0.573 e. The van der Waals surface area contributed by atoms with Gasteiger partial charge in [0.2, 0.25) is 0 Å². The van der Waals surface area contributed by atoms with E-state index in [1.165, 1.54) is 24.4 Å². The van der Waals surface area contributed by atoms with E-state index in [0.717, 1.165) is 26.1 Å². The molecule has 7 rings (SSSR count). The molecule has 3 heterocycles. The third-order valence-corrected chi connectivity index (χ3v) is 8.56. The standard InChI is InChI=1S/C24H30F3N5O2/c1-4-12(2)32-19(9-16(30-32)14-7-18(22(28)29-10-14)34-24(25,26)27)23-15-8-17(21(23)20(15)23)31-5-6-33-13(3)11-31/h7,9-10,12-13,15,17,20-21H,4-6,8,11H2,1-3H3,(H2,28,29). The molecule has 1 aliphatic heterocycles. The minimum atomic E-state index is -4.84. The van der Waals surface area contributed by atoms with Crippen LogP contribution in [0.3, 0.4) is 0 Å². The van der Waals surface area contributed by atoms with Gasteiger partial charge in [0.15, 0.2) is 11.6 Å². The van der Waals surface area contributed by atoms with E-state index in [1.807, 2.05) is 0 Å². The molecule has 5 fully saturated rings. The van der Waals surface area contributed by atoms with Crippen LogP contribution in [0.15, 0.2) is 18.3 Å². The van der Waals surface area contributed by atoms with Crippen molar-refractivity contribution >= 4 is 5.82 Å². The van der Waals surface area contributed by atoms with Crippen LogP contribution in [-0.2, 0) is 10.2 Å². The molecule has 0 amide bonds. The molecule has 0 aromatic carbocycles. The van der Waals surface area contributed by atoms with Crippen molar-refractivity contribution < 1.29 is 22.6 Å². The van der Waals surface area contributed by atoms with E-state index in [0.29, 0.717) is 35.1 Å². The lowest BCUT2D eigenvalue weighted by Gasteiger charge is -2.35. The van der Waals surface area contributed by atoms with Crippen LogP contribution in [-0.4, -0.2) is 57.9 Å². The van der Waals surface area contributed by atoms with Gasteiger partial charge in [-0.3, -0.25) is 9.58 Å². The maximum absolute atomic E-state index is 12.8. The Morgan fingerprint density at radius 1 is 1.32 bits per heavy atom. The number of morpholine rings is 1. The average Bonchev–Trinajstić information content (AvgIpc) is 3.35. The molecule has 7 unspecified atom stereocenters. The van der Waals surface area contributed by atoms with Crippen LogP contribution in [0.2, 0.25) is 0 Å². The number of anilines is 1. The Morgan fingerprint density at radius 2 is 2.12 bits per heavy atom. The summed E-state index contributed by atoms with van der Waals surface area (Å²) in [4.78, 5) is 6.55. The van der Waals surface area contributed by atoms with Crippen molar-refractivity contribution in [3.8, 4) is 17.0 Å². The molecule has 2 aromatic heterocycles. The maximum atomic E-state index is 12.8. The highest BCUT2D eigenvalue weighted by Gasteiger charge is 2.93. The summed E-state index contributed by atoms with van der Waals surface area (Å²) in [7, 11) is 0. The van der Waals surface area contributed by atoms with E-state index in [1.54, 1.807) is 0 Å². The fourth-order valence-electron chi connectivity index (χ4n) is 6.88. The smallest absolute Gasteiger partial charge is 0.402 e. The Bertz CT molecular complexity index is 1110. The van der Waals surface area contributed by atoms with E-state index >= 15 is 0 Å². The van der Waals surface area contributed by atoms with Crippen molar-refractivity contribution in [2.75, 3.05) is 25.4 Å². The van der Waals surface area contributed by atoms with E-state index < -0.39 is 12.1 Å². The molecular formula is C24H30F3N5O2. The lowest BCUT2D eigenvalue weighted by atomic mass is 9.99. The number of nitrogens with two attached hydrogens (primary N) is 1. The van der Waals surface area contributed by atoms with Crippen LogP contribution in [0.5, 0.6) is 5.75 Å². The molecule has 184 valence electrons. The number of ether oxygens (including phenoxy) is 2. The van der Waals surface area contributed by atoms with Gasteiger partial charge < -0.3 is 15.2 Å². The summed E-state index contributed by atoms with van der Waals surface area (Å²) in [6, 6.07) is 4.11. The first-order valence-electron chi connectivity index (χ1n) is 12.1. The second-order valence-corrected chi connectivity index (χ2v) is 10.3. The molecule has 4 saturated carbocycles. The normalized spacial score (nSPS) is 35.2. The molecule has 1 saturated heterocycles. The number of pyridine rings is 1. The fraction of sp³-hybridized carbons (Fsp3) is 0.667. The Balaban J connectivity index is 1.32. The van der Waals surface area contributed by atoms with Gasteiger partial charge in [0, 0.05) is 48.0 Å². The number of rotatable bonds is 6. The first kappa shape index (κ1) is 22.2. The third-order valence-electron chi connectivity index (χ3n) is 8.56. The summed E-state index contributed by atoms with van der Waals surface area (Å²) in [5, 5.41) is 4.86. The van der Waals surface area contributed by atoms with Crippen molar-refractivity contribution in [3.63, 3.8) is 0 Å². The largest absolute Gasteiger partial charge is 0.573 e. The zero-order chi connectivity index (χ0) is 24.0. The second-order valence-electron chi connectivity index (χ2n) is 10.3. The molecule has 34 heavy (non-hydrogen) atoms. The summed E-state index contributed by atoms with van der Waals surface area (Å²) in [6.07, 6.45) is -0.990. The number of alkyl halides is 3.